The fourth-order valence-corrected chi connectivity index (χ4v) is 1.60. The second-order valence-electron chi connectivity index (χ2n) is 3.63. The zero-order chi connectivity index (χ0) is 11.6. The number of aliphatic hydroxyl groups is 1. The van der Waals surface area contributed by atoms with Crippen LogP contribution in [0.1, 0.15) is 24.2 Å². The van der Waals surface area contributed by atoms with Crippen LogP contribution in [0.4, 0.5) is 0 Å². The molecule has 0 saturated carbocycles. The van der Waals surface area contributed by atoms with Crippen molar-refractivity contribution in [2.75, 3.05) is 7.11 Å². The van der Waals surface area contributed by atoms with Gasteiger partial charge >= 0.3 is 0 Å². The molecule has 0 spiro atoms. The summed E-state index contributed by atoms with van der Waals surface area (Å²) in [6.07, 6.45) is -0.724. The number of hydrogen-bond donors (Lipinski definition) is 2. The van der Waals surface area contributed by atoms with Crippen molar-refractivity contribution in [2.45, 2.75) is 26.0 Å². The Morgan fingerprint density at radius 1 is 1.47 bits per heavy atom. The molecule has 0 saturated heterocycles. The SMILES string of the molecule is COc1cc(Cl)c(C)c(C(O)C(C)N)c1. The Bertz CT molecular complexity index is 353. The number of hydrogen-bond acceptors (Lipinski definition) is 3. The molecule has 3 N–H and O–H groups in total. The predicted molar refractivity (Wildman–Crippen MR) is 61.4 cm³/mol. The summed E-state index contributed by atoms with van der Waals surface area (Å²) in [5, 5.41) is 10.5. The summed E-state index contributed by atoms with van der Waals surface area (Å²) >= 11 is 6.01. The number of benzene rings is 1. The number of halogens is 1. The van der Waals surface area contributed by atoms with Crippen molar-refractivity contribution in [1.29, 1.82) is 0 Å². The van der Waals surface area contributed by atoms with Gasteiger partial charge in [-0.25, -0.2) is 0 Å². The number of aliphatic hydroxyl groups excluding tert-OH is 1. The van der Waals surface area contributed by atoms with Crippen molar-refractivity contribution in [3.05, 3.63) is 28.3 Å². The van der Waals surface area contributed by atoms with Gasteiger partial charge in [-0.05, 0) is 37.1 Å². The molecule has 0 radical (unpaired) electrons. The lowest BCUT2D eigenvalue weighted by atomic mass is 9.99. The van der Waals surface area contributed by atoms with Crippen LogP contribution in [0.5, 0.6) is 5.75 Å². The van der Waals surface area contributed by atoms with Crippen LogP contribution in [0.2, 0.25) is 5.02 Å². The summed E-state index contributed by atoms with van der Waals surface area (Å²) < 4.78 is 5.08. The van der Waals surface area contributed by atoms with Crippen molar-refractivity contribution in [3.8, 4) is 5.75 Å². The van der Waals surface area contributed by atoms with E-state index in [0.29, 0.717) is 16.3 Å². The molecule has 1 rings (SSSR count). The van der Waals surface area contributed by atoms with Crippen LogP contribution >= 0.6 is 11.6 Å². The molecule has 0 aliphatic carbocycles. The molecule has 15 heavy (non-hydrogen) atoms. The average molecular weight is 230 g/mol. The van der Waals surface area contributed by atoms with Gasteiger partial charge in [0.05, 0.1) is 13.2 Å². The van der Waals surface area contributed by atoms with Crippen molar-refractivity contribution >= 4 is 11.6 Å². The van der Waals surface area contributed by atoms with Crippen LogP contribution < -0.4 is 10.5 Å². The fraction of sp³-hybridized carbons (Fsp3) is 0.455. The Balaban J connectivity index is 3.21. The number of ether oxygens (including phenoxy) is 1. The molecule has 1 aromatic carbocycles. The molecule has 0 fully saturated rings. The summed E-state index contributed by atoms with van der Waals surface area (Å²) in [6.45, 7) is 3.60. The maximum Gasteiger partial charge on any atom is 0.120 e. The molecule has 4 heteroatoms. The molecule has 0 amide bonds. The highest BCUT2D eigenvalue weighted by Crippen LogP contribution is 2.30. The maximum atomic E-state index is 9.88. The molecule has 0 heterocycles. The zero-order valence-electron chi connectivity index (χ0n) is 9.12. The highest BCUT2D eigenvalue weighted by Gasteiger charge is 2.17. The minimum Gasteiger partial charge on any atom is -0.497 e. The molecule has 0 aliphatic heterocycles. The first-order valence-electron chi connectivity index (χ1n) is 4.75. The predicted octanol–water partition coefficient (Wildman–Crippen LogP) is 2.04. The maximum absolute atomic E-state index is 9.88. The Morgan fingerprint density at radius 3 is 2.53 bits per heavy atom. The van der Waals surface area contributed by atoms with Gasteiger partial charge in [-0.2, -0.15) is 0 Å². The van der Waals surface area contributed by atoms with Crippen LogP contribution in [0.3, 0.4) is 0 Å². The number of rotatable bonds is 3. The molecule has 0 aromatic heterocycles. The molecule has 84 valence electrons. The molecule has 0 bridgehead atoms. The van der Waals surface area contributed by atoms with E-state index >= 15 is 0 Å². The van der Waals surface area contributed by atoms with E-state index < -0.39 is 6.10 Å². The number of nitrogens with two attached hydrogens (primary N) is 1. The normalized spacial score (nSPS) is 14.8. The lowest BCUT2D eigenvalue weighted by molar-refractivity contribution is 0.152. The van der Waals surface area contributed by atoms with E-state index in [2.05, 4.69) is 0 Å². The molecule has 3 nitrogen and oxygen atoms in total. The van der Waals surface area contributed by atoms with Gasteiger partial charge in [0.15, 0.2) is 0 Å². The van der Waals surface area contributed by atoms with Gasteiger partial charge in [-0.1, -0.05) is 11.6 Å². The molecule has 2 atom stereocenters. The Morgan fingerprint density at radius 2 is 2.07 bits per heavy atom. The van der Waals surface area contributed by atoms with E-state index in [0.717, 1.165) is 5.56 Å². The van der Waals surface area contributed by atoms with E-state index in [-0.39, 0.29) is 6.04 Å². The van der Waals surface area contributed by atoms with Gasteiger partial charge in [0.25, 0.3) is 0 Å². The summed E-state index contributed by atoms with van der Waals surface area (Å²) in [7, 11) is 1.56. The first-order chi connectivity index (χ1) is 6.97. The van der Waals surface area contributed by atoms with E-state index in [1.54, 1.807) is 26.2 Å². The van der Waals surface area contributed by atoms with Gasteiger partial charge in [0.1, 0.15) is 5.75 Å². The Hall–Kier alpha value is -0.770. The average Bonchev–Trinajstić information content (AvgIpc) is 2.20. The fourth-order valence-electron chi connectivity index (χ4n) is 1.38. The largest absolute Gasteiger partial charge is 0.497 e. The molecule has 0 aliphatic rings. The topological polar surface area (TPSA) is 55.5 Å². The van der Waals surface area contributed by atoms with Crippen molar-refractivity contribution in [1.82, 2.24) is 0 Å². The first-order valence-corrected chi connectivity index (χ1v) is 5.12. The van der Waals surface area contributed by atoms with Crippen molar-refractivity contribution < 1.29 is 9.84 Å². The standard InChI is InChI=1S/C11H16ClNO2/c1-6-9(11(14)7(2)13)4-8(15-3)5-10(6)12/h4-5,7,11,14H,13H2,1-3H3. The van der Waals surface area contributed by atoms with Crippen LogP contribution in [0.15, 0.2) is 12.1 Å². The highest BCUT2D eigenvalue weighted by atomic mass is 35.5. The lowest BCUT2D eigenvalue weighted by Crippen LogP contribution is -2.25. The summed E-state index contributed by atoms with van der Waals surface area (Å²) in [6, 6.07) is 3.13. The van der Waals surface area contributed by atoms with Crippen LogP contribution in [0, 0.1) is 6.92 Å². The lowest BCUT2D eigenvalue weighted by Gasteiger charge is -2.18. The third-order valence-electron chi connectivity index (χ3n) is 2.41. The van der Waals surface area contributed by atoms with Gasteiger partial charge < -0.3 is 15.6 Å². The van der Waals surface area contributed by atoms with Crippen molar-refractivity contribution in [3.63, 3.8) is 0 Å². The van der Waals surface area contributed by atoms with Crippen LogP contribution in [-0.2, 0) is 0 Å². The summed E-state index contributed by atoms with van der Waals surface area (Å²) in [5.41, 5.74) is 7.20. The van der Waals surface area contributed by atoms with Crippen molar-refractivity contribution in [2.24, 2.45) is 5.73 Å². The molecule has 2 unspecified atom stereocenters. The highest BCUT2D eigenvalue weighted by molar-refractivity contribution is 6.31. The second-order valence-corrected chi connectivity index (χ2v) is 4.03. The number of methoxy groups -OCH3 is 1. The second kappa shape index (κ2) is 4.84. The van der Waals surface area contributed by atoms with Gasteiger partial charge in [0, 0.05) is 11.1 Å². The minimum atomic E-state index is -0.724. The summed E-state index contributed by atoms with van der Waals surface area (Å²) in [5.74, 6) is 0.625. The van der Waals surface area contributed by atoms with Gasteiger partial charge in [-0.15, -0.1) is 0 Å². The molecule has 1 aromatic rings. The van der Waals surface area contributed by atoms with Crippen LogP contribution in [0.25, 0.3) is 0 Å². The van der Waals surface area contributed by atoms with E-state index in [4.69, 9.17) is 22.1 Å². The molecular weight excluding hydrogens is 214 g/mol. The quantitative estimate of drug-likeness (QED) is 0.834. The minimum absolute atomic E-state index is 0.341. The van der Waals surface area contributed by atoms with E-state index in [1.807, 2.05) is 6.92 Å². The Kier molecular flexibility index (Phi) is 3.97. The van der Waals surface area contributed by atoms with E-state index in [9.17, 15) is 5.11 Å². The molecular formula is C11H16ClNO2. The zero-order valence-corrected chi connectivity index (χ0v) is 9.88. The van der Waals surface area contributed by atoms with E-state index in [1.165, 1.54) is 0 Å². The Labute approximate surface area is 94.8 Å². The third kappa shape index (κ3) is 2.62. The third-order valence-corrected chi connectivity index (χ3v) is 2.80. The van der Waals surface area contributed by atoms with Gasteiger partial charge in [-0.3, -0.25) is 0 Å². The smallest absolute Gasteiger partial charge is 0.120 e. The monoisotopic (exact) mass is 229 g/mol. The first kappa shape index (κ1) is 12.3. The van der Waals surface area contributed by atoms with Gasteiger partial charge in [0.2, 0.25) is 0 Å². The van der Waals surface area contributed by atoms with Crippen LogP contribution in [-0.4, -0.2) is 18.3 Å². The summed E-state index contributed by atoms with van der Waals surface area (Å²) in [4.78, 5) is 0.